The lowest BCUT2D eigenvalue weighted by atomic mass is 10.0. The molecule has 3 aromatic rings. The van der Waals surface area contributed by atoms with Gasteiger partial charge in [-0.25, -0.2) is 22.7 Å². The minimum Gasteiger partial charge on any atom is -0.347 e. The molecule has 25 heavy (non-hydrogen) atoms. The van der Waals surface area contributed by atoms with E-state index >= 15 is 0 Å². The van der Waals surface area contributed by atoms with Gasteiger partial charge in [-0.15, -0.1) is 0 Å². The number of fused-ring (bicyclic) bond motifs is 1. The molecule has 0 N–H and O–H groups in total. The number of hydrogen-bond acceptors (Lipinski definition) is 4. The number of anilines is 1. The van der Waals surface area contributed by atoms with Crippen molar-refractivity contribution in [2.45, 2.75) is 18.9 Å². The first-order chi connectivity index (χ1) is 12.1. The zero-order valence-electron chi connectivity index (χ0n) is 13.0. The maximum atomic E-state index is 14.5. The fourth-order valence-electron chi connectivity index (χ4n) is 3.30. The fraction of sp³-hybridized carbons (Fsp3) is 0.235. The second kappa shape index (κ2) is 5.87. The predicted octanol–water partition coefficient (Wildman–Crippen LogP) is 3.30. The molecule has 128 valence electrons. The summed E-state index contributed by atoms with van der Waals surface area (Å²) in [7, 11) is 0. The van der Waals surface area contributed by atoms with Gasteiger partial charge >= 0.3 is 0 Å². The molecule has 1 fully saturated rings. The highest BCUT2D eigenvalue weighted by Crippen LogP contribution is 2.37. The maximum absolute atomic E-state index is 14.5. The number of aromatic nitrogens is 3. The highest BCUT2D eigenvalue weighted by atomic mass is 19.1. The van der Waals surface area contributed by atoms with Gasteiger partial charge in [-0.05, 0) is 31.0 Å². The molecule has 1 atom stereocenters. The Hall–Kier alpha value is -2.90. The van der Waals surface area contributed by atoms with E-state index < -0.39 is 23.5 Å². The van der Waals surface area contributed by atoms with E-state index in [1.807, 2.05) is 0 Å². The molecule has 1 aromatic carbocycles. The van der Waals surface area contributed by atoms with Crippen molar-refractivity contribution >= 4 is 17.8 Å². The van der Waals surface area contributed by atoms with Crippen molar-refractivity contribution in [3.05, 3.63) is 59.2 Å². The minimum atomic E-state index is -0.642. The van der Waals surface area contributed by atoms with Gasteiger partial charge in [-0.1, -0.05) is 0 Å². The summed E-state index contributed by atoms with van der Waals surface area (Å²) < 4.78 is 43.4. The van der Waals surface area contributed by atoms with E-state index in [9.17, 15) is 18.0 Å². The van der Waals surface area contributed by atoms with E-state index in [0.717, 1.165) is 24.4 Å². The molecule has 5 nitrogen and oxygen atoms in total. The average Bonchev–Trinajstić information content (AvgIpc) is 3.22. The molecule has 1 aliphatic heterocycles. The maximum Gasteiger partial charge on any atom is 0.184 e. The van der Waals surface area contributed by atoms with Gasteiger partial charge in [-0.3, -0.25) is 4.79 Å². The highest BCUT2D eigenvalue weighted by Gasteiger charge is 2.31. The second-order valence-electron chi connectivity index (χ2n) is 5.92. The van der Waals surface area contributed by atoms with Crippen LogP contribution in [0.15, 0.2) is 30.6 Å². The largest absolute Gasteiger partial charge is 0.347 e. The third-order valence-corrected chi connectivity index (χ3v) is 4.43. The summed E-state index contributed by atoms with van der Waals surface area (Å²) in [5, 5.41) is 3.88. The van der Waals surface area contributed by atoms with Crippen molar-refractivity contribution in [3.8, 4) is 0 Å². The van der Waals surface area contributed by atoms with Crippen LogP contribution in [0.2, 0.25) is 0 Å². The van der Waals surface area contributed by atoms with Crippen LogP contribution in [0.5, 0.6) is 0 Å². The quantitative estimate of drug-likeness (QED) is 0.683. The number of nitrogens with zero attached hydrogens (tertiary/aromatic N) is 4. The molecule has 0 amide bonds. The van der Waals surface area contributed by atoms with Crippen molar-refractivity contribution in [3.63, 3.8) is 0 Å². The highest BCUT2D eigenvalue weighted by molar-refractivity contribution is 5.84. The van der Waals surface area contributed by atoms with Crippen molar-refractivity contribution in [1.29, 1.82) is 0 Å². The number of carbonyl (C=O) groups is 1. The van der Waals surface area contributed by atoms with E-state index in [2.05, 4.69) is 10.1 Å². The number of halogens is 3. The summed E-state index contributed by atoms with van der Waals surface area (Å²) in [6.45, 7) is 0.450. The van der Waals surface area contributed by atoms with E-state index in [1.54, 1.807) is 4.90 Å². The van der Waals surface area contributed by atoms with Crippen molar-refractivity contribution < 1.29 is 18.0 Å². The van der Waals surface area contributed by atoms with Crippen LogP contribution in [0, 0.1) is 17.5 Å². The molecule has 4 rings (SSSR count). The zero-order chi connectivity index (χ0) is 17.6. The topological polar surface area (TPSA) is 50.5 Å². The number of rotatable bonds is 3. The Morgan fingerprint density at radius 1 is 1.20 bits per heavy atom. The molecule has 2 aromatic heterocycles. The third kappa shape index (κ3) is 2.54. The van der Waals surface area contributed by atoms with Crippen LogP contribution in [-0.2, 0) is 0 Å². The first kappa shape index (κ1) is 15.6. The first-order valence-corrected chi connectivity index (χ1v) is 7.79. The van der Waals surface area contributed by atoms with Crippen LogP contribution >= 0.6 is 0 Å². The molecule has 1 saturated heterocycles. The molecule has 0 radical (unpaired) electrons. The van der Waals surface area contributed by atoms with E-state index in [4.69, 9.17) is 0 Å². The average molecular weight is 346 g/mol. The Morgan fingerprint density at radius 2 is 2.04 bits per heavy atom. The molecule has 8 heteroatoms. The van der Waals surface area contributed by atoms with Gasteiger partial charge < -0.3 is 4.90 Å². The van der Waals surface area contributed by atoms with Crippen LogP contribution in [0.25, 0.3) is 5.65 Å². The molecule has 0 unspecified atom stereocenters. The Labute approximate surface area is 140 Å². The zero-order valence-corrected chi connectivity index (χ0v) is 13.0. The molecule has 0 spiro atoms. The Morgan fingerprint density at radius 3 is 2.84 bits per heavy atom. The number of carbonyl (C=O) groups excluding carboxylic acids is 1. The van der Waals surface area contributed by atoms with E-state index in [0.29, 0.717) is 25.7 Å². The Kier molecular flexibility index (Phi) is 3.67. The van der Waals surface area contributed by atoms with Gasteiger partial charge in [0.15, 0.2) is 23.6 Å². The molecule has 3 heterocycles. The third-order valence-electron chi connectivity index (χ3n) is 4.43. The molecule has 0 saturated carbocycles. The smallest absolute Gasteiger partial charge is 0.184 e. The lowest BCUT2D eigenvalue weighted by Gasteiger charge is -2.26. The van der Waals surface area contributed by atoms with Crippen LogP contribution < -0.4 is 4.90 Å². The summed E-state index contributed by atoms with van der Waals surface area (Å²) in [6, 6.07) is 2.72. The van der Waals surface area contributed by atoms with Crippen molar-refractivity contribution in [1.82, 2.24) is 14.6 Å². The van der Waals surface area contributed by atoms with Gasteiger partial charge in [-0.2, -0.15) is 5.10 Å². The van der Waals surface area contributed by atoms with Gasteiger partial charge in [0.05, 0.1) is 24.0 Å². The van der Waals surface area contributed by atoms with Crippen LogP contribution in [-0.4, -0.2) is 27.4 Å². The summed E-state index contributed by atoms with van der Waals surface area (Å²) in [5.41, 5.74) is 0.619. The van der Waals surface area contributed by atoms with E-state index in [1.165, 1.54) is 10.7 Å². The SMILES string of the molecule is O=Cc1cnn2cc(F)c(N3CCC[C@@H]3c3cc(F)ccc3F)nc12. The first-order valence-electron chi connectivity index (χ1n) is 7.79. The van der Waals surface area contributed by atoms with Crippen LogP contribution in [0.1, 0.15) is 34.8 Å². The van der Waals surface area contributed by atoms with E-state index in [-0.39, 0.29) is 22.6 Å². The van der Waals surface area contributed by atoms with Crippen LogP contribution in [0.4, 0.5) is 19.0 Å². The Balaban J connectivity index is 1.82. The number of aldehydes is 1. The molecular formula is C17H13F3N4O. The van der Waals surface area contributed by atoms with Gasteiger partial charge in [0.2, 0.25) is 0 Å². The molecular weight excluding hydrogens is 333 g/mol. The summed E-state index contributed by atoms with van der Waals surface area (Å²) in [4.78, 5) is 16.9. The summed E-state index contributed by atoms with van der Waals surface area (Å²) in [6.07, 6.45) is 4.25. The normalized spacial score (nSPS) is 17.4. The second-order valence-corrected chi connectivity index (χ2v) is 5.92. The summed E-state index contributed by atoms with van der Waals surface area (Å²) in [5.74, 6) is -1.73. The number of hydrogen-bond donors (Lipinski definition) is 0. The van der Waals surface area contributed by atoms with Gasteiger partial charge in [0, 0.05) is 12.1 Å². The number of benzene rings is 1. The Bertz CT molecular complexity index is 972. The molecule has 0 aliphatic carbocycles. The predicted molar refractivity (Wildman–Crippen MR) is 84.0 cm³/mol. The minimum absolute atomic E-state index is 0.00209. The lowest BCUT2D eigenvalue weighted by Crippen LogP contribution is -2.26. The standard InChI is InChI=1S/C17H13F3N4O/c18-11-3-4-13(19)12(6-11)15-2-1-5-23(15)17-14(20)8-24-16(22-17)10(9-25)7-21-24/h3-4,6-9,15H,1-2,5H2/t15-/m1/s1. The van der Waals surface area contributed by atoms with Crippen LogP contribution in [0.3, 0.4) is 0 Å². The van der Waals surface area contributed by atoms with Gasteiger partial charge in [0.25, 0.3) is 0 Å². The van der Waals surface area contributed by atoms with Gasteiger partial charge in [0.1, 0.15) is 11.6 Å². The molecule has 1 aliphatic rings. The molecule has 0 bridgehead atoms. The van der Waals surface area contributed by atoms with Crippen molar-refractivity contribution in [2.75, 3.05) is 11.4 Å². The van der Waals surface area contributed by atoms with Crippen molar-refractivity contribution in [2.24, 2.45) is 0 Å². The summed E-state index contributed by atoms with van der Waals surface area (Å²) >= 11 is 0. The fourth-order valence-corrected chi connectivity index (χ4v) is 3.30. The monoisotopic (exact) mass is 346 g/mol. The lowest BCUT2D eigenvalue weighted by molar-refractivity contribution is 0.112.